The Morgan fingerprint density at radius 3 is 2.07 bits per heavy atom. The molecule has 0 bridgehead atoms. The van der Waals surface area contributed by atoms with E-state index in [0.29, 0.717) is 29.9 Å². The van der Waals surface area contributed by atoms with Gasteiger partial charge in [0.2, 0.25) is 0 Å². The van der Waals surface area contributed by atoms with Crippen LogP contribution in [0.5, 0.6) is 0 Å². The molecular weight excluding hydrogens is 392 g/mol. The molecule has 1 saturated heterocycles. The standard InChI is InChI=1S/C22H27F2N3OS/c1-15(2)25-8-9-26(29-14-25)12-22(3,28)13-27-20-6-4-16(23)10-18(20)19-11-17(24)5-7-21(19)27/h4-7,10-11,15,28H,8-9,12-14H2,1-3H3. The van der Waals surface area contributed by atoms with Crippen LogP contribution in [0.2, 0.25) is 0 Å². The van der Waals surface area contributed by atoms with Crippen molar-refractivity contribution in [3.63, 3.8) is 0 Å². The number of benzene rings is 2. The lowest BCUT2D eigenvalue weighted by atomic mass is 10.1. The summed E-state index contributed by atoms with van der Waals surface area (Å²) in [7, 11) is 0. The van der Waals surface area contributed by atoms with E-state index in [0.717, 1.165) is 30.0 Å². The summed E-state index contributed by atoms with van der Waals surface area (Å²) < 4.78 is 31.9. The van der Waals surface area contributed by atoms with Gasteiger partial charge in [-0.3, -0.25) is 4.90 Å². The molecule has 1 N–H and O–H groups in total. The smallest absolute Gasteiger partial charge is 0.123 e. The molecule has 29 heavy (non-hydrogen) atoms. The molecule has 4 rings (SSSR count). The lowest BCUT2D eigenvalue weighted by Gasteiger charge is -2.39. The van der Waals surface area contributed by atoms with Gasteiger partial charge in [0, 0.05) is 47.5 Å². The molecule has 0 amide bonds. The highest BCUT2D eigenvalue weighted by Gasteiger charge is 2.29. The Hall–Kier alpha value is -1.67. The van der Waals surface area contributed by atoms with Gasteiger partial charge in [-0.15, -0.1) is 0 Å². The Balaban J connectivity index is 1.61. The fraction of sp³-hybridized carbons (Fsp3) is 0.455. The summed E-state index contributed by atoms with van der Waals surface area (Å²) in [5, 5.41) is 12.5. The van der Waals surface area contributed by atoms with E-state index in [-0.39, 0.29) is 11.6 Å². The van der Waals surface area contributed by atoms with Crippen molar-refractivity contribution < 1.29 is 13.9 Å². The molecular formula is C22H27F2N3OS. The van der Waals surface area contributed by atoms with Gasteiger partial charge >= 0.3 is 0 Å². The SMILES string of the molecule is CC(C)N1CCN(CC(C)(O)Cn2c3ccc(F)cc3c3cc(F)ccc32)SC1. The predicted molar refractivity (Wildman–Crippen MR) is 116 cm³/mol. The van der Waals surface area contributed by atoms with Crippen molar-refractivity contribution in [3.8, 4) is 0 Å². The van der Waals surface area contributed by atoms with E-state index < -0.39 is 5.60 Å². The van der Waals surface area contributed by atoms with Crippen LogP contribution in [-0.4, -0.2) is 56.0 Å². The molecule has 156 valence electrons. The van der Waals surface area contributed by atoms with Crippen LogP contribution < -0.4 is 0 Å². The van der Waals surface area contributed by atoms with E-state index >= 15 is 0 Å². The monoisotopic (exact) mass is 419 g/mol. The Bertz CT molecular complexity index is 966. The summed E-state index contributed by atoms with van der Waals surface area (Å²) in [5.74, 6) is 0.209. The number of rotatable bonds is 5. The number of fused-ring (bicyclic) bond motifs is 3. The second-order valence-electron chi connectivity index (χ2n) is 8.43. The number of hydrogen-bond donors (Lipinski definition) is 1. The highest BCUT2D eigenvalue weighted by molar-refractivity contribution is 7.97. The molecule has 1 unspecified atom stereocenters. The minimum atomic E-state index is -0.991. The molecule has 7 heteroatoms. The van der Waals surface area contributed by atoms with Crippen LogP contribution >= 0.6 is 11.9 Å². The molecule has 4 nitrogen and oxygen atoms in total. The molecule has 1 aromatic heterocycles. The zero-order chi connectivity index (χ0) is 20.8. The Morgan fingerprint density at radius 2 is 1.59 bits per heavy atom. The summed E-state index contributed by atoms with van der Waals surface area (Å²) >= 11 is 1.74. The molecule has 2 aromatic carbocycles. The van der Waals surface area contributed by atoms with Crippen LogP contribution in [0, 0.1) is 11.6 Å². The normalized spacial score (nSPS) is 18.7. The predicted octanol–water partition coefficient (Wildman–Crippen LogP) is 4.46. The molecule has 1 aliphatic rings. The van der Waals surface area contributed by atoms with Gasteiger partial charge in [0.05, 0.1) is 18.0 Å². The van der Waals surface area contributed by atoms with Crippen molar-refractivity contribution in [1.29, 1.82) is 0 Å². The third-order valence-corrected chi connectivity index (χ3v) is 6.70. The summed E-state index contributed by atoms with van der Waals surface area (Å²) in [6.07, 6.45) is 0. The van der Waals surface area contributed by atoms with Gasteiger partial charge in [-0.25, -0.2) is 13.1 Å². The first-order chi connectivity index (χ1) is 13.7. The second-order valence-corrected chi connectivity index (χ2v) is 9.47. The van der Waals surface area contributed by atoms with Gasteiger partial charge < -0.3 is 9.67 Å². The van der Waals surface area contributed by atoms with Gasteiger partial charge in [-0.2, -0.15) is 0 Å². The Kier molecular flexibility index (Phi) is 5.59. The van der Waals surface area contributed by atoms with Crippen molar-refractivity contribution in [2.24, 2.45) is 0 Å². The van der Waals surface area contributed by atoms with Crippen LogP contribution in [0.3, 0.4) is 0 Å². The first-order valence-electron chi connectivity index (χ1n) is 9.95. The van der Waals surface area contributed by atoms with Gasteiger partial charge in [-0.1, -0.05) is 11.9 Å². The zero-order valence-corrected chi connectivity index (χ0v) is 17.8. The van der Waals surface area contributed by atoms with Crippen LogP contribution in [0.15, 0.2) is 36.4 Å². The van der Waals surface area contributed by atoms with Crippen LogP contribution in [0.1, 0.15) is 20.8 Å². The maximum Gasteiger partial charge on any atom is 0.123 e. The average Bonchev–Trinajstić information content (AvgIpc) is 2.93. The van der Waals surface area contributed by atoms with E-state index in [1.165, 1.54) is 24.3 Å². The van der Waals surface area contributed by atoms with Crippen molar-refractivity contribution in [3.05, 3.63) is 48.0 Å². The first-order valence-corrected chi connectivity index (χ1v) is 10.9. The van der Waals surface area contributed by atoms with E-state index in [4.69, 9.17) is 0 Å². The van der Waals surface area contributed by atoms with E-state index in [1.807, 2.05) is 11.5 Å². The van der Waals surface area contributed by atoms with Gasteiger partial charge in [0.15, 0.2) is 0 Å². The molecule has 0 spiro atoms. The number of aromatic nitrogens is 1. The van der Waals surface area contributed by atoms with Gasteiger partial charge in [-0.05, 0) is 57.2 Å². The van der Waals surface area contributed by atoms with E-state index in [9.17, 15) is 13.9 Å². The Labute approximate surface area is 174 Å². The summed E-state index contributed by atoms with van der Waals surface area (Å²) in [6, 6.07) is 9.60. The van der Waals surface area contributed by atoms with E-state index in [1.54, 1.807) is 24.1 Å². The number of β-amino-alcohol motifs (C(OH)–C–C–N with tert-alkyl or cyclic N) is 1. The lowest BCUT2D eigenvalue weighted by molar-refractivity contribution is 0.0247. The molecule has 0 radical (unpaired) electrons. The molecule has 1 aliphatic heterocycles. The van der Waals surface area contributed by atoms with Crippen molar-refractivity contribution in [1.82, 2.24) is 13.8 Å². The third kappa shape index (κ3) is 4.28. The number of aliphatic hydroxyl groups is 1. The summed E-state index contributed by atoms with van der Waals surface area (Å²) in [6.45, 7) is 8.95. The fourth-order valence-corrected chi connectivity index (χ4v) is 5.37. The number of hydrogen-bond acceptors (Lipinski definition) is 4. The molecule has 2 heterocycles. The number of nitrogens with zero attached hydrogens (tertiary/aromatic N) is 3. The van der Waals surface area contributed by atoms with Crippen LogP contribution in [0.25, 0.3) is 21.8 Å². The first kappa shape index (κ1) is 20.6. The fourth-order valence-electron chi connectivity index (χ4n) is 4.05. The van der Waals surface area contributed by atoms with Crippen LogP contribution in [-0.2, 0) is 6.54 Å². The molecule has 3 aromatic rings. The van der Waals surface area contributed by atoms with Gasteiger partial charge in [0.25, 0.3) is 0 Å². The molecule has 0 aliphatic carbocycles. The third-order valence-electron chi connectivity index (χ3n) is 5.58. The average molecular weight is 420 g/mol. The lowest BCUT2D eigenvalue weighted by Crippen LogP contribution is -2.48. The highest BCUT2D eigenvalue weighted by atomic mass is 32.2. The molecule has 1 atom stereocenters. The number of halogens is 2. The second kappa shape index (κ2) is 7.87. The topological polar surface area (TPSA) is 31.6 Å². The highest BCUT2D eigenvalue weighted by Crippen LogP contribution is 2.32. The van der Waals surface area contributed by atoms with Crippen molar-refractivity contribution in [2.75, 3.05) is 25.5 Å². The Morgan fingerprint density at radius 1 is 1.00 bits per heavy atom. The molecule has 1 fully saturated rings. The molecule has 0 saturated carbocycles. The van der Waals surface area contributed by atoms with Crippen LogP contribution in [0.4, 0.5) is 8.78 Å². The zero-order valence-electron chi connectivity index (χ0n) is 17.0. The summed E-state index contributed by atoms with van der Waals surface area (Å²) in [4.78, 5) is 2.41. The van der Waals surface area contributed by atoms with Crippen molar-refractivity contribution in [2.45, 2.75) is 39.0 Å². The van der Waals surface area contributed by atoms with E-state index in [2.05, 4.69) is 23.1 Å². The minimum Gasteiger partial charge on any atom is -0.387 e. The van der Waals surface area contributed by atoms with Crippen molar-refractivity contribution >= 4 is 33.8 Å². The minimum absolute atomic E-state index is 0.342. The maximum absolute atomic E-state index is 13.8. The maximum atomic E-state index is 13.8. The summed E-state index contributed by atoms with van der Waals surface area (Å²) in [5.41, 5.74) is 0.600. The van der Waals surface area contributed by atoms with Gasteiger partial charge in [0.1, 0.15) is 11.6 Å². The largest absolute Gasteiger partial charge is 0.387 e. The quantitative estimate of drug-likeness (QED) is 0.619.